The van der Waals surface area contributed by atoms with Crippen LogP contribution in [0.2, 0.25) is 0 Å². The summed E-state index contributed by atoms with van der Waals surface area (Å²) < 4.78 is 0. The van der Waals surface area contributed by atoms with Gasteiger partial charge in [0, 0.05) is 24.2 Å². The number of nitrogens with zero attached hydrogens (tertiary/aromatic N) is 2. The Balaban J connectivity index is 1.83. The normalized spacial score (nSPS) is 12.2. The van der Waals surface area contributed by atoms with Crippen LogP contribution in [0.25, 0.3) is 0 Å². The molecular formula is C19H27N5O2S. The number of rotatable bonds is 9. The third kappa shape index (κ3) is 7.09. The molecule has 1 heterocycles. The lowest BCUT2D eigenvalue weighted by molar-refractivity contribution is -0.125. The first-order chi connectivity index (χ1) is 12.8. The third-order valence-corrected chi connectivity index (χ3v) is 4.66. The summed E-state index contributed by atoms with van der Waals surface area (Å²) in [6.07, 6.45) is 0. The molecule has 0 spiro atoms. The van der Waals surface area contributed by atoms with E-state index in [9.17, 15) is 9.59 Å². The van der Waals surface area contributed by atoms with Crippen LogP contribution in [-0.4, -0.2) is 41.3 Å². The van der Waals surface area contributed by atoms with Crippen LogP contribution in [0.5, 0.6) is 0 Å². The fraction of sp³-hybridized carbons (Fsp3) is 0.421. The van der Waals surface area contributed by atoms with Crippen LogP contribution in [-0.2, 0) is 22.7 Å². The molecule has 2 rings (SSSR count). The van der Waals surface area contributed by atoms with Crippen molar-refractivity contribution in [3.8, 4) is 0 Å². The van der Waals surface area contributed by atoms with Crippen molar-refractivity contribution in [2.45, 2.75) is 33.0 Å². The van der Waals surface area contributed by atoms with E-state index in [1.54, 1.807) is 11.3 Å². The zero-order valence-electron chi connectivity index (χ0n) is 15.9. The van der Waals surface area contributed by atoms with E-state index in [0.29, 0.717) is 5.69 Å². The number of nitrogens with one attached hydrogen (secondary N) is 2. The van der Waals surface area contributed by atoms with Crippen molar-refractivity contribution >= 4 is 28.8 Å². The number of anilines is 1. The van der Waals surface area contributed by atoms with Crippen molar-refractivity contribution in [1.82, 2.24) is 15.2 Å². The second-order valence-electron chi connectivity index (χ2n) is 6.89. The fourth-order valence-corrected chi connectivity index (χ4v) is 3.05. The van der Waals surface area contributed by atoms with Gasteiger partial charge in [-0.1, -0.05) is 26.0 Å². The highest BCUT2D eigenvalue weighted by atomic mass is 32.1. The quantitative estimate of drug-likeness (QED) is 0.607. The highest BCUT2D eigenvalue weighted by Crippen LogP contribution is 2.13. The Hall–Kier alpha value is -2.29. The maximum Gasteiger partial charge on any atom is 0.243 e. The molecule has 0 fully saturated rings. The minimum absolute atomic E-state index is 0.0195. The van der Waals surface area contributed by atoms with Crippen LogP contribution in [0.4, 0.5) is 5.69 Å². The van der Waals surface area contributed by atoms with Crippen molar-refractivity contribution < 1.29 is 9.59 Å². The molecule has 0 radical (unpaired) electrons. The van der Waals surface area contributed by atoms with Crippen LogP contribution in [0.1, 0.15) is 25.1 Å². The van der Waals surface area contributed by atoms with E-state index < -0.39 is 6.04 Å². The molecule has 2 aromatic rings. The van der Waals surface area contributed by atoms with Crippen LogP contribution in [0, 0.1) is 5.92 Å². The maximum atomic E-state index is 12.1. The topological polar surface area (TPSA) is 100 Å². The van der Waals surface area contributed by atoms with Gasteiger partial charge < -0.3 is 16.4 Å². The van der Waals surface area contributed by atoms with Gasteiger partial charge in [-0.3, -0.25) is 14.5 Å². The van der Waals surface area contributed by atoms with Gasteiger partial charge in [-0.25, -0.2) is 4.98 Å². The van der Waals surface area contributed by atoms with Crippen molar-refractivity contribution in [2.75, 3.05) is 18.9 Å². The van der Waals surface area contributed by atoms with E-state index in [-0.39, 0.29) is 24.3 Å². The Morgan fingerprint density at radius 3 is 2.74 bits per heavy atom. The van der Waals surface area contributed by atoms with E-state index in [4.69, 9.17) is 5.73 Å². The van der Waals surface area contributed by atoms with Gasteiger partial charge in [0.2, 0.25) is 11.8 Å². The Morgan fingerprint density at radius 1 is 1.30 bits per heavy atom. The van der Waals surface area contributed by atoms with E-state index in [2.05, 4.69) is 20.5 Å². The molecule has 0 bridgehead atoms. The van der Waals surface area contributed by atoms with Crippen molar-refractivity contribution in [3.63, 3.8) is 0 Å². The fourth-order valence-electron chi connectivity index (χ4n) is 2.50. The molecule has 0 aliphatic rings. The first kappa shape index (κ1) is 21.0. The lowest BCUT2D eigenvalue weighted by Gasteiger charge is -2.16. The van der Waals surface area contributed by atoms with Crippen LogP contribution in [0.15, 0.2) is 35.2 Å². The van der Waals surface area contributed by atoms with Gasteiger partial charge in [-0.2, -0.15) is 0 Å². The molecule has 0 saturated carbocycles. The molecule has 8 heteroatoms. The number of carbonyl (C=O) groups is 2. The largest absolute Gasteiger partial charge is 0.346 e. The molecule has 27 heavy (non-hydrogen) atoms. The average Bonchev–Trinajstić information content (AvgIpc) is 3.11. The monoisotopic (exact) mass is 389 g/mol. The minimum Gasteiger partial charge on any atom is -0.346 e. The van der Waals surface area contributed by atoms with Gasteiger partial charge >= 0.3 is 0 Å². The second kappa shape index (κ2) is 10.1. The van der Waals surface area contributed by atoms with Crippen LogP contribution >= 0.6 is 11.3 Å². The Kier molecular flexibility index (Phi) is 7.90. The zero-order chi connectivity index (χ0) is 19.8. The number of aromatic nitrogens is 1. The molecule has 146 valence electrons. The van der Waals surface area contributed by atoms with Gasteiger partial charge in [-0.05, 0) is 30.7 Å². The number of carbonyl (C=O) groups excluding carboxylic acids is 2. The van der Waals surface area contributed by atoms with Gasteiger partial charge in [0.25, 0.3) is 0 Å². The Bertz CT molecular complexity index is 748. The summed E-state index contributed by atoms with van der Waals surface area (Å²) in [5, 5.41) is 7.40. The smallest absolute Gasteiger partial charge is 0.243 e. The van der Waals surface area contributed by atoms with Gasteiger partial charge in [-0.15, -0.1) is 11.3 Å². The minimum atomic E-state index is -0.616. The Morgan fingerprint density at radius 2 is 2.07 bits per heavy atom. The lowest BCUT2D eigenvalue weighted by atomic mass is 10.1. The number of amides is 2. The summed E-state index contributed by atoms with van der Waals surface area (Å²) in [7, 11) is 2.03. The molecule has 0 unspecified atom stereocenters. The van der Waals surface area contributed by atoms with Crippen LogP contribution < -0.4 is 16.4 Å². The predicted octanol–water partition coefficient (Wildman–Crippen LogP) is 1.81. The highest BCUT2D eigenvalue weighted by molar-refractivity contribution is 7.07. The molecular weight excluding hydrogens is 362 g/mol. The summed E-state index contributed by atoms with van der Waals surface area (Å²) in [4.78, 5) is 30.3. The van der Waals surface area contributed by atoms with E-state index in [0.717, 1.165) is 24.3 Å². The SMILES string of the molecule is CC(C)[C@H](N)C(=O)NCC(=O)Nc1cccc(CN(C)Cc2cscn2)c1. The number of thiazole rings is 1. The van der Waals surface area contributed by atoms with E-state index >= 15 is 0 Å². The third-order valence-electron chi connectivity index (χ3n) is 4.02. The summed E-state index contributed by atoms with van der Waals surface area (Å²) in [6, 6.07) is 7.04. The van der Waals surface area contributed by atoms with Gasteiger partial charge in [0.05, 0.1) is 23.8 Å². The molecule has 0 saturated heterocycles. The molecule has 1 aromatic heterocycles. The molecule has 0 aliphatic heterocycles. The maximum absolute atomic E-state index is 12.1. The molecule has 7 nitrogen and oxygen atoms in total. The van der Waals surface area contributed by atoms with Crippen molar-refractivity contribution in [3.05, 3.63) is 46.4 Å². The molecule has 1 aromatic carbocycles. The number of hydrogen-bond donors (Lipinski definition) is 3. The van der Waals surface area contributed by atoms with Crippen molar-refractivity contribution in [1.29, 1.82) is 0 Å². The number of hydrogen-bond acceptors (Lipinski definition) is 6. The van der Waals surface area contributed by atoms with Gasteiger partial charge in [0.15, 0.2) is 0 Å². The summed E-state index contributed by atoms with van der Waals surface area (Å²) >= 11 is 1.58. The summed E-state index contributed by atoms with van der Waals surface area (Å²) in [5.74, 6) is -0.587. The predicted molar refractivity (Wildman–Crippen MR) is 108 cm³/mol. The standard InChI is InChI=1S/C19H27N5O2S/c1-13(2)18(20)19(26)21-8-17(25)23-15-6-4-5-14(7-15)9-24(3)10-16-11-27-12-22-16/h4-7,11-13,18H,8-10,20H2,1-3H3,(H,21,26)(H,23,25)/t18-/m0/s1. The second-order valence-corrected chi connectivity index (χ2v) is 7.61. The van der Waals surface area contributed by atoms with Crippen molar-refractivity contribution in [2.24, 2.45) is 11.7 Å². The first-order valence-corrected chi connectivity index (χ1v) is 9.77. The summed E-state index contributed by atoms with van der Waals surface area (Å²) in [6.45, 7) is 5.12. The van der Waals surface area contributed by atoms with Gasteiger partial charge in [0.1, 0.15) is 0 Å². The zero-order valence-corrected chi connectivity index (χ0v) is 16.8. The highest BCUT2D eigenvalue weighted by Gasteiger charge is 2.17. The number of benzene rings is 1. The molecule has 4 N–H and O–H groups in total. The molecule has 2 amide bonds. The lowest BCUT2D eigenvalue weighted by Crippen LogP contribution is -2.46. The first-order valence-electron chi connectivity index (χ1n) is 8.83. The van der Waals surface area contributed by atoms with E-state index in [1.165, 1.54) is 0 Å². The average molecular weight is 390 g/mol. The Labute approximate surface area is 164 Å². The molecule has 0 aliphatic carbocycles. The van der Waals surface area contributed by atoms with E-state index in [1.807, 2.05) is 56.1 Å². The van der Waals surface area contributed by atoms with Crippen LogP contribution in [0.3, 0.4) is 0 Å². The summed E-state index contributed by atoms with van der Waals surface area (Å²) in [5.41, 5.74) is 10.4. The number of nitrogens with two attached hydrogens (primary N) is 1. The molecule has 1 atom stereocenters.